The molecular weight excluding hydrogens is 441 g/mol. The van der Waals surface area contributed by atoms with Crippen molar-refractivity contribution in [3.05, 3.63) is 71.1 Å². The normalized spacial score (nSPS) is 12.0. The number of nitrogens with zero attached hydrogens (tertiary/aromatic N) is 4. The fourth-order valence-corrected chi connectivity index (χ4v) is 4.25. The molecule has 7 nitrogen and oxygen atoms in total. The average molecular weight is 466 g/mol. The Morgan fingerprint density at radius 2 is 2.03 bits per heavy atom. The summed E-state index contributed by atoms with van der Waals surface area (Å²) in [5.41, 5.74) is 3.33. The Kier molecular flexibility index (Phi) is 6.90. The smallest absolute Gasteiger partial charge is 0.255 e. The highest BCUT2D eigenvalue weighted by molar-refractivity contribution is 7.13. The third-order valence-corrected chi connectivity index (χ3v) is 6.11. The molecule has 1 atom stereocenters. The van der Waals surface area contributed by atoms with Gasteiger partial charge in [-0.1, -0.05) is 13.0 Å². The largest absolute Gasteiger partial charge is 0.383 e. The second-order valence-electron chi connectivity index (χ2n) is 7.54. The molecule has 0 saturated carbocycles. The fourth-order valence-electron chi connectivity index (χ4n) is 3.48. The van der Waals surface area contributed by atoms with Crippen molar-refractivity contribution in [1.29, 1.82) is 0 Å². The molecule has 33 heavy (non-hydrogen) atoms. The van der Waals surface area contributed by atoms with Gasteiger partial charge in [0.05, 0.1) is 35.0 Å². The van der Waals surface area contributed by atoms with Gasteiger partial charge in [0.25, 0.3) is 11.9 Å². The summed E-state index contributed by atoms with van der Waals surface area (Å²) in [6.07, 6.45) is 3.97. The Bertz CT molecular complexity index is 1240. The lowest BCUT2D eigenvalue weighted by Gasteiger charge is -2.16. The second-order valence-corrected chi connectivity index (χ2v) is 8.49. The Morgan fingerprint density at radius 1 is 1.24 bits per heavy atom. The van der Waals surface area contributed by atoms with Gasteiger partial charge < -0.3 is 10.1 Å². The molecule has 4 aromatic rings. The molecule has 0 bridgehead atoms. The highest BCUT2D eigenvalue weighted by Crippen LogP contribution is 2.30. The highest BCUT2D eigenvalue weighted by Gasteiger charge is 2.24. The summed E-state index contributed by atoms with van der Waals surface area (Å²) in [7, 11) is 1.61. The molecule has 0 fully saturated rings. The first-order chi connectivity index (χ1) is 16.0. The van der Waals surface area contributed by atoms with Gasteiger partial charge in [-0.15, -0.1) is 11.3 Å². The van der Waals surface area contributed by atoms with Gasteiger partial charge in [0.15, 0.2) is 0 Å². The van der Waals surface area contributed by atoms with Crippen molar-refractivity contribution >= 4 is 17.2 Å². The predicted octanol–water partition coefficient (Wildman–Crippen LogP) is 4.66. The van der Waals surface area contributed by atoms with Gasteiger partial charge in [0, 0.05) is 18.9 Å². The quantitative estimate of drug-likeness (QED) is 0.409. The third kappa shape index (κ3) is 4.84. The van der Waals surface area contributed by atoms with Crippen LogP contribution in [0.5, 0.6) is 0 Å². The maximum absolute atomic E-state index is 13.4. The number of rotatable bonds is 8. The molecule has 0 spiro atoms. The number of carbonyl (C=O) groups is 1. The molecule has 9 heteroatoms. The van der Waals surface area contributed by atoms with E-state index >= 15 is 0 Å². The lowest BCUT2D eigenvalue weighted by atomic mass is 10.1. The predicted molar refractivity (Wildman–Crippen MR) is 126 cm³/mol. The lowest BCUT2D eigenvalue weighted by Crippen LogP contribution is -2.37. The number of benzene rings is 1. The first kappa shape index (κ1) is 22.8. The van der Waals surface area contributed by atoms with E-state index in [0.717, 1.165) is 22.4 Å². The van der Waals surface area contributed by atoms with Crippen molar-refractivity contribution < 1.29 is 13.9 Å². The van der Waals surface area contributed by atoms with E-state index in [4.69, 9.17) is 9.72 Å². The number of amides is 1. The number of hydrogen-bond acceptors (Lipinski definition) is 6. The van der Waals surface area contributed by atoms with Crippen LogP contribution in [0.25, 0.3) is 27.8 Å². The van der Waals surface area contributed by atoms with Crippen LogP contribution in [0.3, 0.4) is 0 Å². The van der Waals surface area contributed by atoms with Crippen molar-refractivity contribution in [1.82, 2.24) is 25.1 Å². The average Bonchev–Trinajstić information content (AvgIpc) is 3.49. The number of hydrogen-bond donors (Lipinski definition) is 1. The fraction of sp³-hybridized carbons (Fsp3) is 0.250. The van der Waals surface area contributed by atoms with Crippen LogP contribution in [-0.4, -0.2) is 45.4 Å². The number of carbonyl (C=O) groups excluding carboxylic acids is 1. The van der Waals surface area contributed by atoms with Crippen LogP contribution in [0.4, 0.5) is 4.39 Å². The van der Waals surface area contributed by atoms with E-state index in [2.05, 4.69) is 15.4 Å². The molecule has 0 aliphatic heterocycles. The molecule has 0 saturated heterocycles. The van der Waals surface area contributed by atoms with Crippen molar-refractivity contribution in [3.63, 3.8) is 0 Å². The van der Waals surface area contributed by atoms with Crippen molar-refractivity contribution in [3.8, 4) is 27.8 Å². The maximum Gasteiger partial charge on any atom is 0.255 e. The zero-order chi connectivity index (χ0) is 23.4. The number of nitrogens with one attached hydrogen (secondary N) is 1. The molecule has 4 rings (SSSR count). The van der Waals surface area contributed by atoms with Gasteiger partial charge >= 0.3 is 0 Å². The Labute approximate surface area is 195 Å². The molecule has 170 valence electrons. The van der Waals surface area contributed by atoms with E-state index in [9.17, 15) is 9.18 Å². The summed E-state index contributed by atoms with van der Waals surface area (Å²) in [6.45, 7) is 4.31. The number of aromatic nitrogens is 4. The molecule has 1 N–H and O–H groups in total. The van der Waals surface area contributed by atoms with Gasteiger partial charge in [-0.05, 0) is 54.6 Å². The van der Waals surface area contributed by atoms with Crippen LogP contribution in [-0.2, 0) is 4.74 Å². The zero-order valence-electron chi connectivity index (χ0n) is 18.6. The Balaban J connectivity index is 1.78. The SMILES string of the molecule is CCC(COC)NC(=O)c1cnn(-c2ncc(C)c(-c3ccc(F)cc3)n2)c1-c1cccs1. The van der Waals surface area contributed by atoms with E-state index in [1.807, 2.05) is 31.4 Å². The molecule has 1 unspecified atom stereocenters. The molecule has 3 aromatic heterocycles. The standard InChI is InChI=1S/C24H24FN5O2S/c1-4-18(14-32-3)28-23(31)19-13-27-30(22(19)20-6-5-11-33-20)24-26-12-15(2)21(29-24)16-7-9-17(25)10-8-16/h5-13,18H,4,14H2,1-3H3,(H,28,31). The van der Waals surface area contributed by atoms with Crippen LogP contribution in [0.1, 0.15) is 29.3 Å². The molecule has 3 heterocycles. The summed E-state index contributed by atoms with van der Waals surface area (Å²) in [4.78, 5) is 23.2. The van der Waals surface area contributed by atoms with E-state index in [1.165, 1.54) is 29.7 Å². The van der Waals surface area contributed by atoms with Crippen LogP contribution in [0.2, 0.25) is 0 Å². The topological polar surface area (TPSA) is 81.9 Å². The molecular formula is C24H24FN5O2S. The zero-order valence-corrected chi connectivity index (χ0v) is 19.4. The van der Waals surface area contributed by atoms with Crippen LogP contribution < -0.4 is 5.32 Å². The molecule has 1 amide bonds. The van der Waals surface area contributed by atoms with Gasteiger partial charge in [0.2, 0.25) is 0 Å². The van der Waals surface area contributed by atoms with E-state index in [1.54, 1.807) is 30.1 Å². The summed E-state index contributed by atoms with van der Waals surface area (Å²) in [5.74, 6) is -0.224. The minimum absolute atomic E-state index is 0.109. The van der Waals surface area contributed by atoms with Crippen LogP contribution >= 0.6 is 11.3 Å². The van der Waals surface area contributed by atoms with Gasteiger partial charge in [-0.3, -0.25) is 4.79 Å². The molecule has 1 aromatic carbocycles. The van der Waals surface area contributed by atoms with Gasteiger partial charge in [-0.25, -0.2) is 14.4 Å². The van der Waals surface area contributed by atoms with Gasteiger partial charge in [-0.2, -0.15) is 9.78 Å². The minimum atomic E-state index is -0.313. The van der Waals surface area contributed by atoms with Crippen molar-refractivity contribution in [2.24, 2.45) is 0 Å². The lowest BCUT2D eigenvalue weighted by molar-refractivity contribution is 0.0895. The van der Waals surface area contributed by atoms with E-state index in [-0.39, 0.29) is 17.8 Å². The summed E-state index contributed by atoms with van der Waals surface area (Å²) >= 11 is 1.50. The van der Waals surface area contributed by atoms with Crippen LogP contribution in [0, 0.1) is 12.7 Å². The number of halogens is 1. The molecule has 0 aliphatic carbocycles. The molecule has 0 aliphatic rings. The maximum atomic E-state index is 13.4. The summed E-state index contributed by atoms with van der Waals surface area (Å²) in [6, 6.07) is 9.88. The van der Waals surface area contributed by atoms with E-state index in [0.29, 0.717) is 29.5 Å². The van der Waals surface area contributed by atoms with Crippen molar-refractivity contribution in [2.45, 2.75) is 26.3 Å². The summed E-state index contributed by atoms with van der Waals surface area (Å²) in [5, 5.41) is 9.42. The number of aryl methyl sites for hydroxylation is 1. The second kappa shape index (κ2) is 10.0. The molecule has 0 radical (unpaired) electrons. The summed E-state index contributed by atoms with van der Waals surface area (Å²) < 4.78 is 20.2. The monoisotopic (exact) mass is 465 g/mol. The highest BCUT2D eigenvalue weighted by atomic mass is 32.1. The first-order valence-electron chi connectivity index (χ1n) is 10.5. The van der Waals surface area contributed by atoms with Crippen molar-refractivity contribution in [2.75, 3.05) is 13.7 Å². The minimum Gasteiger partial charge on any atom is -0.383 e. The first-order valence-corrected chi connectivity index (χ1v) is 11.4. The van der Waals surface area contributed by atoms with Gasteiger partial charge in [0.1, 0.15) is 11.5 Å². The van der Waals surface area contributed by atoms with Crippen LogP contribution in [0.15, 0.2) is 54.2 Å². The van der Waals surface area contributed by atoms with E-state index < -0.39 is 0 Å². The third-order valence-electron chi connectivity index (χ3n) is 5.23. The number of methoxy groups -OCH3 is 1. The Morgan fingerprint density at radius 3 is 2.70 bits per heavy atom. The Hall–Kier alpha value is -3.43. The number of thiophene rings is 1. The number of ether oxygens (including phenoxy) is 1.